The smallest absolute Gasteiger partial charge is 0.124 e. The first-order valence-corrected chi connectivity index (χ1v) is 6.41. The van der Waals surface area contributed by atoms with E-state index in [1.54, 1.807) is 26.4 Å². The molecule has 1 N–H and O–H groups in total. The summed E-state index contributed by atoms with van der Waals surface area (Å²) in [5.41, 5.74) is 1.50. The highest BCUT2D eigenvalue weighted by Gasteiger charge is 2.05. The summed E-state index contributed by atoms with van der Waals surface area (Å²) in [6, 6.07) is 9.72. The normalized spacial score (nSPS) is 10.2. The molecule has 106 valence electrons. The van der Waals surface area contributed by atoms with Gasteiger partial charge >= 0.3 is 0 Å². The fourth-order valence-electron chi connectivity index (χ4n) is 1.79. The molecule has 2 rings (SSSR count). The van der Waals surface area contributed by atoms with Gasteiger partial charge in [0.1, 0.15) is 17.3 Å². The third-order valence-corrected chi connectivity index (χ3v) is 3.21. The number of ether oxygens (including phenoxy) is 2. The molecule has 0 bridgehead atoms. The first-order chi connectivity index (χ1) is 9.62. The Morgan fingerprint density at radius 2 is 1.70 bits per heavy atom. The molecule has 0 aliphatic rings. The largest absolute Gasteiger partial charge is 0.497 e. The van der Waals surface area contributed by atoms with E-state index in [9.17, 15) is 4.39 Å². The summed E-state index contributed by atoms with van der Waals surface area (Å²) < 4.78 is 23.6. The van der Waals surface area contributed by atoms with E-state index in [4.69, 9.17) is 21.1 Å². The number of anilines is 1. The second kappa shape index (κ2) is 6.48. The number of hydrogen-bond donors (Lipinski definition) is 1. The van der Waals surface area contributed by atoms with E-state index in [2.05, 4.69) is 5.32 Å². The van der Waals surface area contributed by atoms with Crippen LogP contribution < -0.4 is 14.8 Å². The highest BCUT2D eigenvalue weighted by molar-refractivity contribution is 6.31. The van der Waals surface area contributed by atoms with E-state index < -0.39 is 0 Å². The summed E-state index contributed by atoms with van der Waals surface area (Å²) in [6.45, 7) is 0.410. The maximum Gasteiger partial charge on any atom is 0.124 e. The molecule has 0 aliphatic heterocycles. The van der Waals surface area contributed by atoms with E-state index in [0.717, 1.165) is 5.69 Å². The van der Waals surface area contributed by atoms with Crippen molar-refractivity contribution in [2.45, 2.75) is 6.54 Å². The Hall–Kier alpha value is -1.94. The molecule has 20 heavy (non-hydrogen) atoms. The van der Waals surface area contributed by atoms with Crippen molar-refractivity contribution in [3.05, 3.63) is 52.8 Å². The second-order valence-electron chi connectivity index (χ2n) is 4.19. The fourth-order valence-corrected chi connectivity index (χ4v) is 1.97. The molecular formula is C15H15ClFNO2. The van der Waals surface area contributed by atoms with Gasteiger partial charge in [-0.05, 0) is 23.8 Å². The first-order valence-electron chi connectivity index (χ1n) is 6.03. The van der Waals surface area contributed by atoms with Crippen LogP contribution in [0.1, 0.15) is 5.56 Å². The van der Waals surface area contributed by atoms with Crippen LogP contribution in [0.4, 0.5) is 10.1 Å². The number of halogens is 2. The summed E-state index contributed by atoms with van der Waals surface area (Å²) in [5, 5.41) is 3.69. The van der Waals surface area contributed by atoms with E-state index in [1.807, 2.05) is 12.1 Å². The predicted molar refractivity (Wildman–Crippen MR) is 78.3 cm³/mol. The summed E-state index contributed by atoms with van der Waals surface area (Å²) in [7, 11) is 3.17. The summed E-state index contributed by atoms with van der Waals surface area (Å²) in [4.78, 5) is 0. The number of nitrogens with one attached hydrogen (secondary N) is 1. The lowest BCUT2D eigenvalue weighted by Gasteiger charge is -2.11. The number of benzene rings is 2. The molecule has 0 atom stereocenters. The van der Waals surface area contributed by atoms with Crippen molar-refractivity contribution in [1.29, 1.82) is 0 Å². The summed E-state index contributed by atoms with van der Waals surface area (Å²) in [5.74, 6) is 1.05. The van der Waals surface area contributed by atoms with Crippen molar-refractivity contribution in [3.63, 3.8) is 0 Å². The van der Waals surface area contributed by atoms with Gasteiger partial charge in [0.25, 0.3) is 0 Å². The topological polar surface area (TPSA) is 30.5 Å². The molecular weight excluding hydrogens is 281 g/mol. The third-order valence-electron chi connectivity index (χ3n) is 2.84. The second-order valence-corrected chi connectivity index (χ2v) is 4.60. The minimum atomic E-state index is -0.311. The van der Waals surface area contributed by atoms with Gasteiger partial charge in [-0.2, -0.15) is 0 Å². The van der Waals surface area contributed by atoms with E-state index in [-0.39, 0.29) is 5.82 Å². The molecule has 2 aromatic carbocycles. The van der Waals surface area contributed by atoms with E-state index in [1.165, 1.54) is 12.1 Å². The average Bonchev–Trinajstić information content (AvgIpc) is 2.47. The molecule has 0 heterocycles. The minimum Gasteiger partial charge on any atom is -0.497 e. The number of hydrogen-bond acceptors (Lipinski definition) is 3. The van der Waals surface area contributed by atoms with Gasteiger partial charge in [-0.15, -0.1) is 0 Å². The summed E-state index contributed by atoms with van der Waals surface area (Å²) >= 11 is 6.02. The van der Waals surface area contributed by atoms with E-state index >= 15 is 0 Å². The van der Waals surface area contributed by atoms with E-state index in [0.29, 0.717) is 28.6 Å². The van der Waals surface area contributed by atoms with Crippen LogP contribution in [-0.2, 0) is 6.54 Å². The quantitative estimate of drug-likeness (QED) is 0.900. The van der Waals surface area contributed by atoms with Gasteiger partial charge in [0.05, 0.1) is 14.2 Å². The zero-order valence-corrected chi connectivity index (χ0v) is 12.0. The lowest BCUT2D eigenvalue weighted by molar-refractivity contribution is 0.394. The molecule has 0 aromatic heterocycles. The molecule has 0 saturated heterocycles. The Morgan fingerprint density at radius 3 is 2.30 bits per heavy atom. The fraction of sp³-hybridized carbons (Fsp3) is 0.200. The van der Waals surface area contributed by atoms with Gasteiger partial charge < -0.3 is 14.8 Å². The van der Waals surface area contributed by atoms with Crippen molar-refractivity contribution in [3.8, 4) is 11.5 Å². The van der Waals surface area contributed by atoms with Crippen LogP contribution in [0.5, 0.6) is 11.5 Å². The molecule has 0 saturated carbocycles. The summed E-state index contributed by atoms with van der Waals surface area (Å²) in [6.07, 6.45) is 0. The molecule has 0 amide bonds. The Kier molecular flexibility index (Phi) is 4.69. The predicted octanol–water partition coefficient (Wildman–Crippen LogP) is 4.11. The highest BCUT2D eigenvalue weighted by Crippen LogP contribution is 2.26. The van der Waals surface area contributed by atoms with Gasteiger partial charge in [0.2, 0.25) is 0 Å². The third kappa shape index (κ3) is 3.54. The molecule has 0 spiro atoms. The van der Waals surface area contributed by atoms with Crippen molar-refractivity contribution in [1.82, 2.24) is 0 Å². The van der Waals surface area contributed by atoms with Gasteiger partial charge in [-0.3, -0.25) is 0 Å². The Bertz CT molecular complexity index is 582. The lowest BCUT2D eigenvalue weighted by Crippen LogP contribution is -2.01. The van der Waals surface area contributed by atoms with Crippen molar-refractivity contribution in [2.24, 2.45) is 0 Å². The standard InChI is InChI=1S/C15H15ClFNO2/c1-19-13-6-12(7-14(8-13)20-2)18-9-10-5-11(17)3-4-15(10)16/h3-8,18H,9H2,1-2H3. The molecule has 3 nitrogen and oxygen atoms in total. The van der Waals surface area contributed by atoms with Crippen LogP contribution in [0.25, 0.3) is 0 Å². The zero-order chi connectivity index (χ0) is 14.5. The number of rotatable bonds is 5. The SMILES string of the molecule is COc1cc(NCc2cc(F)ccc2Cl)cc(OC)c1. The van der Waals surface area contributed by atoms with Crippen LogP contribution in [0.15, 0.2) is 36.4 Å². The van der Waals surface area contributed by atoms with Crippen LogP contribution in [0.2, 0.25) is 5.02 Å². The van der Waals surface area contributed by atoms with Crippen molar-refractivity contribution < 1.29 is 13.9 Å². The van der Waals surface area contributed by atoms with Crippen LogP contribution in [0.3, 0.4) is 0 Å². The van der Waals surface area contributed by atoms with Crippen molar-refractivity contribution in [2.75, 3.05) is 19.5 Å². The van der Waals surface area contributed by atoms with Crippen LogP contribution in [-0.4, -0.2) is 14.2 Å². The van der Waals surface area contributed by atoms with Gasteiger partial charge in [0.15, 0.2) is 0 Å². The molecule has 5 heteroatoms. The van der Waals surface area contributed by atoms with Crippen LogP contribution >= 0.6 is 11.6 Å². The minimum absolute atomic E-state index is 0.311. The Morgan fingerprint density at radius 1 is 1.05 bits per heavy atom. The molecule has 0 radical (unpaired) electrons. The monoisotopic (exact) mass is 295 g/mol. The molecule has 0 aliphatic carbocycles. The Balaban J connectivity index is 2.16. The maximum absolute atomic E-state index is 13.2. The zero-order valence-electron chi connectivity index (χ0n) is 11.2. The maximum atomic E-state index is 13.2. The molecule has 2 aromatic rings. The van der Waals surface area contributed by atoms with Crippen molar-refractivity contribution >= 4 is 17.3 Å². The molecule has 0 unspecified atom stereocenters. The number of methoxy groups -OCH3 is 2. The highest BCUT2D eigenvalue weighted by atomic mass is 35.5. The van der Waals surface area contributed by atoms with Gasteiger partial charge in [-0.25, -0.2) is 4.39 Å². The van der Waals surface area contributed by atoms with Gasteiger partial charge in [0, 0.05) is 35.5 Å². The first kappa shape index (κ1) is 14.5. The van der Waals surface area contributed by atoms with Crippen LogP contribution in [0, 0.1) is 5.82 Å². The van der Waals surface area contributed by atoms with Gasteiger partial charge in [-0.1, -0.05) is 11.6 Å². The average molecular weight is 296 g/mol. The Labute approximate surface area is 122 Å². The molecule has 0 fully saturated rings. The lowest BCUT2D eigenvalue weighted by atomic mass is 10.2.